The van der Waals surface area contributed by atoms with Crippen LogP contribution in [-0.4, -0.2) is 40.7 Å². The Kier molecular flexibility index (Phi) is 5.21. The zero-order chi connectivity index (χ0) is 14.8. The molecule has 1 aromatic heterocycles. The lowest BCUT2D eigenvalue weighted by atomic mass is 9.71. The Balaban J connectivity index is 2.14. The first-order valence-corrected chi connectivity index (χ1v) is 8.19. The number of aliphatic hydroxyl groups is 1. The summed E-state index contributed by atoms with van der Waals surface area (Å²) in [4.78, 5) is 6.63. The molecule has 1 aromatic rings. The van der Waals surface area contributed by atoms with Gasteiger partial charge < -0.3 is 10.0 Å². The molecule has 0 bridgehead atoms. The molecule has 1 aliphatic rings. The van der Waals surface area contributed by atoms with Crippen LogP contribution >= 0.6 is 15.9 Å². The van der Waals surface area contributed by atoms with Crippen molar-refractivity contribution < 1.29 is 5.11 Å². The fraction of sp³-hybridized carbons (Fsp3) is 0.688. The SMILES string of the molecule is CC1CCCC(C(O)Cc2ccc(Br)cn2)(N(C)C)C1. The summed E-state index contributed by atoms with van der Waals surface area (Å²) in [7, 11) is 4.19. The van der Waals surface area contributed by atoms with Gasteiger partial charge in [-0.1, -0.05) is 19.8 Å². The van der Waals surface area contributed by atoms with E-state index in [0.717, 1.165) is 23.0 Å². The molecule has 0 aromatic carbocycles. The molecule has 0 aliphatic heterocycles. The minimum Gasteiger partial charge on any atom is -0.391 e. The summed E-state index contributed by atoms with van der Waals surface area (Å²) in [5.74, 6) is 0.679. The van der Waals surface area contributed by atoms with Crippen molar-refractivity contribution in [2.45, 2.75) is 50.7 Å². The van der Waals surface area contributed by atoms with Gasteiger partial charge in [0.05, 0.1) is 6.10 Å². The number of likely N-dealkylation sites (N-methyl/N-ethyl adjacent to an activating group) is 1. The first kappa shape index (κ1) is 15.9. The average Bonchev–Trinajstić information content (AvgIpc) is 2.41. The van der Waals surface area contributed by atoms with Crippen molar-refractivity contribution in [3.63, 3.8) is 0 Å². The van der Waals surface area contributed by atoms with Crippen molar-refractivity contribution in [3.05, 3.63) is 28.5 Å². The van der Waals surface area contributed by atoms with Crippen LogP contribution in [0.5, 0.6) is 0 Å². The number of pyridine rings is 1. The first-order valence-electron chi connectivity index (χ1n) is 7.40. The van der Waals surface area contributed by atoms with Crippen LogP contribution in [-0.2, 0) is 6.42 Å². The van der Waals surface area contributed by atoms with Crippen molar-refractivity contribution in [1.82, 2.24) is 9.88 Å². The van der Waals surface area contributed by atoms with Crippen LogP contribution in [0.1, 0.15) is 38.3 Å². The third-order valence-electron chi connectivity index (χ3n) is 4.71. The molecular formula is C16H25BrN2O. The number of hydrogen-bond donors (Lipinski definition) is 1. The average molecular weight is 341 g/mol. The monoisotopic (exact) mass is 340 g/mol. The molecule has 0 spiro atoms. The quantitative estimate of drug-likeness (QED) is 0.913. The molecule has 0 saturated heterocycles. The molecule has 1 heterocycles. The predicted octanol–water partition coefficient (Wildman–Crippen LogP) is 3.26. The summed E-state index contributed by atoms with van der Waals surface area (Å²) in [6.45, 7) is 2.29. The third kappa shape index (κ3) is 3.41. The van der Waals surface area contributed by atoms with E-state index in [2.05, 4.69) is 46.8 Å². The van der Waals surface area contributed by atoms with Gasteiger partial charge in [0, 0.05) is 28.3 Å². The van der Waals surface area contributed by atoms with Gasteiger partial charge in [0.25, 0.3) is 0 Å². The van der Waals surface area contributed by atoms with E-state index < -0.39 is 0 Å². The molecule has 20 heavy (non-hydrogen) atoms. The van der Waals surface area contributed by atoms with E-state index in [-0.39, 0.29) is 11.6 Å². The fourth-order valence-electron chi connectivity index (χ4n) is 3.49. The molecule has 112 valence electrons. The van der Waals surface area contributed by atoms with Gasteiger partial charge in [-0.25, -0.2) is 0 Å². The van der Waals surface area contributed by atoms with Crippen molar-refractivity contribution in [2.24, 2.45) is 5.92 Å². The molecule has 3 unspecified atom stereocenters. The molecule has 1 aliphatic carbocycles. The van der Waals surface area contributed by atoms with E-state index >= 15 is 0 Å². The normalized spacial score (nSPS) is 28.6. The standard InChI is InChI=1S/C16H25BrN2O/c1-12-5-4-8-16(10-12,19(2)3)15(20)9-14-7-6-13(17)11-18-14/h6-7,11-12,15,20H,4-5,8-10H2,1-3H3. The number of rotatable bonds is 4. The Morgan fingerprint density at radius 2 is 2.25 bits per heavy atom. The van der Waals surface area contributed by atoms with Crippen molar-refractivity contribution >= 4 is 15.9 Å². The smallest absolute Gasteiger partial charge is 0.0779 e. The van der Waals surface area contributed by atoms with Crippen LogP contribution in [0.4, 0.5) is 0 Å². The summed E-state index contributed by atoms with van der Waals surface area (Å²) in [5.41, 5.74) is 0.854. The highest BCUT2D eigenvalue weighted by molar-refractivity contribution is 9.10. The van der Waals surface area contributed by atoms with E-state index in [1.165, 1.54) is 12.8 Å². The van der Waals surface area contributed by atoms with Gasteiger partial charge in [0.15, 0.2) is 0 Å². The Labute approximate surface area is 130 Å². The summed E-state index contributed by atoms with van der Waals surface area (Å²) in [6.07, 6.45) is 6.67. The van der Waals surface area contributed by atoms with Crippen LogP contribution in [0.25, 0.3) is 0 Å². The second-order valence-corrected chi connectivity index (χ2v) is 7.30. The summed E-state index contributed by atoms with van der Waals surface area (Å²) in [5, 5.41) is 10.8. The van der Waals surface area contributed by atoms with Crippen LogP contribution in [0.3, 0.4) is 0 Å². The molecule has 1 fully saturated rings. The third-order valence-corrected chi connectivity index (χ3v) is 5.18. The van der Waals surface area contributed by atoms with Crippen LogP contribution in [0, 0.1) is 5.92 Å². The Bertz CT molecular complexity index is 435. The van der Waals surface area contributed by atoms with Gasteiger partial charge in [-0.2, -0.15) is 0 Å². The summed E-state index contributed by atoms with van der Waals surface area (Å²) >= 11 is 3.40. The van der Waals surface area contributed by atoms with Gasteiger partial charge >= 0.3 is 0 Å². The Hall–Kier alpha value is -0.450. The number of hydrogen-bond acceptors (Lipinski definition) is 3. The van der Waals surface area contributed by atoms with Crippen LogP contribution < -0.4 is 0 Å². The van der Waals surface area contributed by atoms with Crippen molar-refractivity contribution in [1.29, 1.82) is 0 Å². The van der Waals surface area contributed by atoms with Crippen molar-refractivity contribution in [2.75, 3.05) is 14.1 Å². The molecule has 2 rings (SSSR count). The minimum atomic E-state index is -0.367. The number of halogens is 1. The highest BCUT2D eigenvalue weighted by Gasteiger charge is 2.42. The van der Waals surface area contributed by atoms with E-state index in [0.29, 0.717) is 12.3 Å². The molecule has 3 nitrogen and oxygen atoms in total. The van der Waals surface area contributed by atoms with Gasteiger partial charge in [-0.15, -0.1) is 0 Å². The second kappa shape index (κ2) is 6.54. The summed E-state index contributed by atoms with van der Waals surface area (Å²) in [6, 6.07) is 3.98. The maximum atomic E-state index is 10.8. The van der Waals surface area contributed by atoms with Gasteiger partial charge in [-0.3, -0.25) is 4.98 Å². The molecule has 0 amide bonds. The molecule has 1 N–H and O–H groups in total. The number of aliphatic hydroxyl groups excluding tert-OH is 1. The largest absolute Gasteiger partial charge is 0.391 e. The van der Waals surface area contributed by atoms with Gasteiger partial charge in [-0.05, 0) is 60.9 Å². The molecule has 0 radical (unpaired) electrons. The number of nitrogens with zero attached hydrogens (tertiary/aromatic N) is 2. The second-order valence-electron chi connectivity index (χ2n) is 6.39. The Morgan fingerprint density at radius 1 is 1.50 bits per heavy atom. The van der Waals surface area contributed by atoms with Gasteiger partial charge in [0.1, 0.15) is 0 Å². The van der Waals surface area contributed by atoms with E-state index in [9.17, 15) is 5.11 Å². The van der Waals surface area contributed by atoms with Crippen molar-refractivity contribution in [3.8, 4) is 0 Å². The Morgan fingerprint density at radius 3 is 2.80 bits per heavy atom. The maximum Gasteiger partial charge on any atom is 0.0779 e. The minimum absolute atomic E-state index is 0.105. The highest BCUT2D eigenvalue weighted by atomic mass is 79.9. The lowest BCUT2D eigenvalue weighted by Gasteiger charge is -2.48. The molecular weight excluding hydrogens is 316 g/mol. The van der Waals surface area contributed by atoms with E-state index in [4.69, 9.17) is 0 Å². The lowest BCUT2D eigenvalue weighted by Crippen LogP contribution is -2.56. The number of aromatic nitrogens is 1. The lowest BCUT2D eigenvalue weighted by molar-refractivity contribution is -0.0428. The first-order chi connectivity index (χ1) is 9.44. The zero-order valence-corrected chi connectivity index (χ0v) is 14.2. The highest BCUT2D eigenvalue weighted by Crippen LogP contribution is 2.39. The molecule has 4 heteroatoms. The predicted molar refractivity (Wildman–Crippen MR) is 85.7 cm³/mol. The van der Waals surface area contributed by atoms with Gasteiger partial charge in [0.2, 0.25) is 0 Å². The van der Waals surface area contributed by atoms with Crippen LogP contribution in [0.15, 0.2) is 22.8 Å². The topological polar surface area (TPSA) is 36.4 Å². The molecule has 1 saturated carbocycles. The van der Waals surface area contributed by atoms with E-state index in [1.807, 2.05) is 12.1 Å². The summed E-state index contributed by atoms with van der Waals surface area (Å²) < 4.78 is 0.976. The van der Waals surface area contributed by atoms with E-state index in [1.54, 1.807) is 6.20 Å². The zero-order valence-electron chi connectivity index (χ0n) is 12.6. The van der Waals surface area contributed by atoms with Crippen LogP contribution in [0.2, 0.25) is 0 Å². The maximum absolute atomic E-state index is 10.8. The fourth-order valence-corrected chi connectivity index (χ4v) is 3.72. The molecule has 3 atom stereocenters.